The fourth-order valence-corrected chi connectivity index (χ4v) is 2.57. The van der Waals surface area contributed by atoms with Gasteiger partial charge in [-0.05, 0) is 48.5 Å². The third kappa shape index (κ3) is 2.78. The summed E-state index contributed by atoms with van der Waals surface area (Å²) in [5, 5.41) is 0. The Morgan fingerprint density at radius 3 is 1.33 bits per heavy atom. The van der Waals surface area contributed by atoms with Crippen LogP contribution in [0.15, 0.2) is 58.3 Å². The van der Waals surface area contributed by atoms with Gasteiger partial charge in [0.25, 0.3) is 0 Å². The van der Waals surface area contributed by atoms with Crippen molar-refractivity contribution in [3.63, 3.8) is 0 Å². The summed E-state index contributed by atoms with van der Waals surface area (Å²) < 4.78 is 22.4. The number of methoxy groups -OCH3 is 2. The quantitative estimate of drug-likeness (QED) is 0.796. The van der Waals surface area contributed by atoms with E-state index in [2.05, 4.69) is 0 Å². The second kappa shape index (κ2) is 5.80. The van der Waals surface area contributed by atoms with Gasteiger partial charge in [-0.25, -0.2) is 0 Å². The Labute approximate surface area is 110 Å². The molecule has 2 aromatic carbocycles. The van der Waals surface area contributed by atoms with E-state index < -0.39 is 11.2 Å². The molecule has 18 heavy (non-hydrogen) atoms. The predicted molar refractivity (Wildman–Crippen MR) is 70.7 cm³/mol. The molecule has 0 heterocycles. The SMILES string of the molecule is COc1ccc([S+]([O-])c2ccc(OC)cc2)cc1. The van der Waals surface area contributed by atoms with Crippen molar-refractivity contribution in [2.24, 2.45) is 0 Å². The van der Waals surface area contributed by atoms with Crippen molar-refractivity contribution >= 4 is 11.2 Å². The first-order valence-corrected chi connectivity index (χ1v) is 6.59. The third-order valence-electron chi connectivity index (χ3n) is 2.55. The van der Waals surface area contributed by atoms with Crippen LogP contribution in [0.4, 0.5) is 0 Å². The van der Waals surface area contributed by atoms with E-state index in [9.17, 15) is 4.55 Å². The minimum Gasteiger partial charge on any atom is -0.606 e. The molecule has 0 N–H and O–H groups in total. The summed E-state index contributed by atoms with van der Waals surface area (Å²) in [5.74, 6) is 1.51. The summed E-state index contributed by atoms with van der Waals surface area (Å²) in [6.45, 7) is 0. The molecule has 3 nitrogen and oxygen atoms in total. The van der Waals surface area contributed by atoms with Gasteiger partial charge in [-0.15, -0.1) is 0 Å². The number of hydrogen-bond donors (Lipinski definition) is 0. The molecule has 0 aliphatic carbocycles. The number of rotatable bonds is 4. The Kier molecular flexibility index (Phi) is 4.12. The Balaban J connectivity index is 2.20. The van der Waals surface area contributed by atoms with Crippen LogP contribution in [-0.4, -0.2) is 18.8 Å². The monoisotopic (exact) mass is 262 g/mol. The smallest absolute Gasteiger partial charge is 0.158 e. The van der Waals surface area contributed by atoms with Crippen LogP contribution in [0.1, 0.15) is 0 Å². The van der Waals surface area contributed by atoms with Gasteiger partial charge in [-0.1, -0.05) is 0 Å². The molecule has 0 aliphatic rings. The standard InChI is InChI=1S/C14H14O3S/c1-16-11-3-7-13(8-4-11)18(15)14-9-5-12(17-2)6-10-14/h3-10H,1-2H3. The normalized spacial score (nSPS) is 10.4. The molecule has 2 aromatic rings. The minimum atomic E-state index is -1.18. The summed E-state index contributed by atoms with van der Waals surface area (Å²) in [6.07, 6.45) is 0. The van der Waals surface area contributed by atoms with Gasteiger partial charge in [0.1, 0.15) is 11.5 Å². The average Bonchev–Trinajstić information content (AvgIpc) is 2.47. The Bertz CT molecular complexity index is 446. The van der Waals surface area contributed by atoms with Crippen molar-refractivity contribution in [1.29, 1.82) is 0 Å². The van der Waals surface area contributed by atoms with Crippen molar-refractivity contribution < 1.29 is 14.0 Å². The molecule has 0 fully saturated rings. The lowest BCUT2D eigenvalue weighted by molar-refractivity contribution is 0.414. The largest absolute Gasteiger partial charge is 0.606 e. The lowest BCUT2D eigenvalue weighted by Crippen LogP contribution is -2.01. The summed E-state index contributed by atoms with van der Waals surface area (Å²) in [4.78, 5) is 1.50. The fourth-order valence-electron chi connectivity index (χ4n) is 1.53. The van der Waals surface area contributed by atoms with Gasteiger partial charge >= 0.3 is 0 Å². The van der Waals surface area contributed by atoms with Crippen LogP contribution in [-0.2, 0) is 11.2 Å². The average molecular weight is 262 g/mol. The summed E-state index contributed by atoms with van der Waals surface area (Å²) in [7, 11) is 3.21. The zero-order valence-electron chi connectivity index (χ0n) is 10.3. The molecule has 0 atom stereocenters. The summed E-state index contributed by atoms with van der Waals surface area (Å²) >= 11 is -1.18. The highest BCUT2D eigenvalue weighted by Gasteiger charge is 2.14. The van der Waals surface area contributed by atoms with E-state index in [4.69, 9.17) is 9.47 Å². The van der Waals surface area contributed by atoms with E-state index in [1.165, 1.54) is 0 Å². The van der Waals surface area contributed by atoms with Gasteiger partial charge < -0.3 is 14.0 Å². The zero-order valence-corrected chi connectivity index (χ0v) is 11.1. The molecule has 94 valence electrons. The number of hydrogen-bond acceptors (Lipinski definition) is 3. The number of benzene rings is 2. The molecule has 0 bridgehead atoms. The summed E-state index contributed by atoms with van der Waals surface area (Å²) in [5.41, 5.74) is 0. The highest BCUT2D eigenvalue weighted by molar-refractivity contribution is 7.91. The lowest BCUT2D eigenvalue weighted by Gasteiger charge is -2.10. The second-order valence-corrected chi connectivity index (χ2v) is 5.10. The summed E-state index contributed by atoms with van der Waals surface area (Å²) in [6, 6.07) is 14.4. The van der Waals surface area contributed by atoms with Crippen molar-refractivity contribution in [3.8, 4) is 11.5 Å². The van der Waals surface area contributed by atoms with E-state index in [1.54, 1.807) is 62.8 Å². The van der Waals surface area contributed by atoms with E-state index in [-0.39, 0.29) is 0 Å². The van der Waals surface area contributed by atoms with Gasteiger partial charge in [0.05, 0.1) is 14.2 Å². The van der Waals surface area contributed by atoms with E-state index in [1.807, 2.05) is 0 Å². The topological polar surface area (TPSA) is 41.5 Å². The number of ether oxygens (including phenoxy) is 2. The lowest BCUT2D eigenvalue weighted by atomic mass is 10.3. The molecule has 4 heteroatoms. The fraction of sp³-hybridized carbons (Fsp3) is 0.143. The van der Waals surface area contributed by atoms with Crippen LogP contribution in [0.25, 0.3) is 0 Å². The van der Waals surface area contributed by atoms with Gasteiger partial charge in [0, 0.05) is 11.2 Å². The molecule has 0 aromatic heterocycles. The van der Waals surface area contributed by atoms with Gasteiger partial charge in [-0.3, -0.25) is 0 Å². The maximum atomic E-state index is 12.3. The molecule has 0 spiro atoms. The first kappa shape index (κ1) is 12.8. The highest BCUT2D eigenvalue weighted by atomic mass is 32.2. The minimum absolute atomic E-state index is 0.751. The van der Waals surface area contributed by atoms with Crippen LogP contribution < -0.4 is 9.47 Å². The highest BCUT2D eigenvalue weighted by Crippen LogP contribution is 2.24. The first-order chi connectivity index (χ1) is 8.74. The Morgan fingerprint density at radius 2 is 1.06 bits per heavy atom. The molecule has 0 aliphatic heterocycles. The Hall–Kier alpha value is -1.65. The second-order valence-electron chi connectivity index (χ2n) is 3.62. The molecule has 2 rings (SSSR count). The molecular formula is C14H14O3S. The van der Waals surface area contributed by atoms with E-state index in [0.717, 1.165) is 21.3 Å². The molecule has 0 unspecified atom stereocenters. The van der Waals surface area contributed by atoms with Crippen molar-refractivity contribution in [2.45, 2.75) is 9.79 Å². The van der Waals surface area contributed by atoms with Crippen LogP contribution in [0.5, 0.6) is 11.5 Å². The maximum absolute atomic E-state index is 12.3. The van der Waals surface area contributed by atoms with Crippen LogP contribution in [0, 0.1) is 0 Å². The van der Waals surface area contributed by atoms with Crippen molar-refractivity contribution in [3.05, 3.63) is 48.5 Å². The van der Waals surface area contributed by atoms with Gasteiger partial charge in [-0.2, -0.15) is 0 Å². The molecule has 0 saturated carbocycles. The Morgan fingerprint density at radius 1 is 0.722 bits per heavy atom. The van der Waals surface area contributed by atoms with Crippen molar-refractivity contribution in [1.82, 2.24) is 0 Å². The molecule has 0 saturated heterocycles. The third-order valence-corrected chi connectivity index (χ3v) is 3.95. The van der Waals surface area contributed by atoms with E-state index >= 15 is 0 Å². The predicted octanol–water partition coefficient (Wildman–Crippen LogP) is 2.87. The van der Waals surface area contributed by atoms with Gasteiger partial charge in [0.2, 0.25) is 0 Å². The van der Waals surface area contributed by atoms with E-state index in [0.29, 0.717) is 0 Å². The van der Waals surface area contributed by atoms with Gasteiger partial charge in [0.15, 0.2) is 9.79 Å². The first-order valence-electron chi connectivity index (χ1n) is 5.44. The van der Waals surface area contributed by atoms with Crippen molar-refractivity contribution in [2.75, 3.05) is 14.2 Å². The van der Waals surface area contributed by atoms with Crippen LogP contribution in [0.3, 0.4) is 0 Å². The van der Waals surface area contributed by atoms with Crippen LogP contribution in [0.2, 0.25) is 0 Å². The molecule has 0 amide bonds. The zero-order chi connectivity index (χ0) is 13.0. The molecule has 0 radical (unpaired) electrons. The maximum Gasteiger partial charge on any atom is 0.158 e. The molecular weight excluding hydrogens is 248 g/mol. The van der Waals surface area contributed by atoms with Crippen LogP contribution >= 0.6 is 0 Å².